The van der Waals surface area contributed by atoms with E-state index in [1.807, 2.05) is 0 Å². The Morgan fingerprint density at radius 1 is 0.686 bits per heavy atom. The van der Waals surface area contributed by atoms with Crippen LogP contribution in [0.4, 0.5) is 0 Å². The zero-order valence-corrected chi connectivity index (χ0v) is 41.1. The van der Waals surface area contributed by atoms with E-state index < -0.39 is 126 Å². The molecule has 2 fully saturated rings. The van der Waals surface area contributed by atoms with Crippen LogP contribution in [0, 0.1) is 5.92 Å². The molecule has 0 aromatic carbocycles. The summed E-state index contributed by atoms with van der Waals surface area (Å²) in [5.41, 5.74) is 27.7. The average Bonchev–Trinajstić information content (AvgIpc) is 4.01. The predicted molar refractivity (Wildman–Crippen MR) is 258 cm³/mol. The Morgan fingerprint density at radius 3 is 1.74 bits per heavy atom. The second kappa shape index (κ2) is 30.2. The van der Waals surface area contributed by atoms with Crippen molar-refractivity contribution in [3.8, 4) is 0 Å². The monoisotopic (exact) mass is 1010 g/mol. The van der Waals surface area contributed by atoms with Crippen LogP contribution in [0.5, 0.6) is 0 Å². The smallest absolute Gasteiger partial charge is 0.326 e. The molecule has 8 amide bonds. The van der Waals surface area contributed by atoms with Gasteiger partial charge in [0, 0.05) is 26.2 Å². The summed E-state index contributed by atoms with van der Waals surface area (Å²) in [6, 6.07) is -9.87. The lowest BCUT2D eigenvalue weighted by molar-refractivity contribution is -0.149. The van der Waals surface area contributed by atoms with Crippen LogP contribution in [0.25, 0.3) is 0 Å². The Labute approximate surface area is 410 Å². The molecule has 70 heavy (non-hydrogen) atoms. The van der Waals surface area contributed by atoms with Gasteiger partial charge in [-0.2, -0.15) is 11.8 Å². The zero-order chi connectivity index (χ0) is 52.7. The molecule has 0 unspecified atom stereocenters. The number of carbonyl (C=O) groups excluding carboxylic acids is 8. The van der Waals surface area contributed by atoms with Crippen molar-refractivity contribution >= 4 is 82.9 Å². The lowest BCUT2D eigenvalue weighted by atomic mass is 9.96. The zero-order valence-electron chi connectivity index (χ0n) is 40.3. The number of rotatable bonds is 30. The molecule has 9 atom stereocenters. The number of hydrogen-bond donors (Lipinski definition) is 13. The van der Waals surface area contributed by atoms with Gasteiger partial charge < -0.3 is 80.6 Å². The Kier molecular flexibility index (Phi) is 25.8. The molecule has 2 heterocycles. The van der Waals surface area contributed by atoms with E-state index in [1.54, 1.807) is 20.1 Å². The number of nitrogens with two attached hydrogens (primary N) is 5. The first-order valence-electron chi connectivity index (χ1n) is 23.2. The van der Waals surface area contributed by atoms with Crippen LogP contribution in [0.15, 0.2) is 9.98 Å². The number of aliphatic carboxylic acids is 2. The number of nitrogens with zero attached hydrogens (tertiary/aromatic N) is 4. The number of amides is 8. The molecule has 0 spiro atoms. The van der Waals surface area contributed by atoms with E-state index in [-0.39, 0.29) is 76.6 Å². The highest BCUT2D eigenvalue weighted by Crippen LogP contribution is 2.22. The van der Waals surface area contributed by atoms with Gasteiger partial charge in [-0.3, -0.25) is 53.1 Å². The average molecular weight is 1010 g/mol. The normalized spacial score (nSPS) is 18.3. The van der Waals surface area contributed by atoms with Crippen LogP contribution in [-0.2, 0) is 47.9 Å². The van der Waals surface area contributed by atoms with Crippen LogP contribution in [0.2, 0.25) is 0 Å². The Morgan fingerprint density at radius 2 is 1.20 bits per heavy atom. The summed E-state index contributed by atoms with van der Waals surface area (Å²) in [5.74, 6) is -9.32. The fraction of sp³-hybridized carbons (Fsp3) is 0.714. The van der Waals surface area contributed by atoms with Crippen molar-refractivity contribution in [2.75, 3.05) is 44.7 Å². The third-order valence-corrected chi connectivity index (χ3v) is 12.4. The molecule has 28 heteroatoms. The largest absolute Gasteiger partial charge is 0.481 e. The molecule has 0 aromatic heterocycles. The number of carbonyl (C=O) groups is 10. The van der Waals surface area contributed by atoms with E-state index in [0.29, 0.717) is 31.4 Å². The maximum absolute atomic E-state index is 14.2. The van der Waals surface area contributed by atoms with Gasteiger partial charge in [-0.15, -0.1) is 0 Å². The van der Waals surface area contributed by atoms with Crippen LogP contribution < -0.4 is 60.6 Å². The molecule has 27 nitrogen and oxygen atoms in total. The van der Waals surface area contributed by atoms with Crippen LogP contribution in [0.1, 0.15) is 91.4 Å². The van der Waals surface area contributed by atoms with Crippen molar-refractivity contribution < 1.29 is 58.2 Å². The highest BCUT2D eigenvalue weighted by atomic mass is 32.2. The standard InChI is InChI=1S/C42H73N15O12S/c1-5-22(2)32(39(67)56-17-8-12-28(56)37(65)50-21-30(58)51-23(3)38(66)57-18-9-13-29(57)40(68)69)55-36(64)27(20-31(59)60)54-34(62)25(11-7-16-49-42(46)47)53-35(63)26(14-19-70-4)52-33(61)24(43)10-6-15-48-41(44)45/h22-29,32H,5-21,43H2,1-4H3,(H,50,65)(H,51,58)(H,52,61)(H,53,63)(H,54,62)(H,55,64)(H,59,60)(H,68,69)(H4,44,45,48)(H4,46,47,49)/t22-,23-,24-,25-,26-,27-,28-,29-,32-/m0/s1. The number of aliphatic imine (C=N–C) groups is 2. The molecule has 394 valence electrons. The first-order valence-corrected chi connectivity index (χ1v) is 24.6. The first-order chi connectivity index (χ1) is 33.0. The highest BCUT2D eigenvalue weighted by Gasteiger charge is 2.41. The molecule has 2 aliphatic heterocycles. The maximum atomic E-state index is 14.2. The maximum Gasteiger partial charge on any atom is 0.326 e. The molecular formula is C42H73N15O12S. The van der Waals surface area contributed by atoms with Gasteiger partial charge in [0.2, 0.25) is 47.3 Å². The summed E-state index contributed by atoms with van der Waals surface area (Å²) >= 11 is 1.39. The van der Waals surface area contributed by atoms with E-state index in [2.05, 4.69) is 41.9 Å². The Hall–Kier alpha value is -6.45. The number of carboxylic acids is 2. The van der Waals surface area contributed by atoms with Gasteiger partial charge in [0.05, 0.1) is 19.0 Å². The number of hydrogen-bond acceptors (Lipinski definition) is 14. The molecule has 18 N–H and O–H groups in total. The van der Waals surface area contributed by atoms with E-state index in [9.17, 15) is 58.2 Å². The van der Waals surface area contributed by atoms with Gasteiger partial charge >= 0.3 is 11.9 Å². The molecule has 0 aromatic rings. The number of nitrogens with one attached hydrogen (secondary N) is 6. The Bertz CT molecular complexity index is 1920. The number of likely N-dealkylation sites (tertiary alicyclic amines) is 2. The molecule has 0 aliphatic carbocycles. The topological polar surface area (TPSA) is 445 Å². The third kappa shape index (κ3) is 19.9. The highest BCUT2D eigenvalue weighted by molar-refractivity contribution is 7.98. The summed E-state index contributed by atoms with van der Waals surface area (Å²) in [6.45, 7) is 4.79. The van der Waals surface area contributed by atoms with Gasteiger partial charge in [0.25, 0.3) is 0 Å². The van der Waals surface area contributed by atoms with Crippen LogP contribution in [-0.4, -0.2) is 184 Å². The molecule has 2 rings (SSSR count). The molecule has 2 saturated heterocycles. The van der Waals surface area contributed by atoms with Crippen molar-refractivity contribution in [2.24, 2.45) is 44.6 Å². The van der Waals surface area contributed by atoms with E-state index in [1.165, 1.54) is 28.5 Å². The second-order valence-electron chi connectivity index (χ2n) is 17.2. The van der Waals surface area contributed by atoms with Crippen molar-refractivity contribution in [1.29, 1.82) is 0 Å². The van der Waals surface area contributed by atoms with Gasteiger partial charge in [-0.25, -0.2) is 4.79 Å². The minimum Gasteiger partial charge on any atom is -0.481 e. The van der Waals surface area contributed by atoms with Gasteiger partial charge in [0.1, 0.15) is 42.3 Å². The molecule has 2 aliphatic rings. The minimum absolute atomic E-state index is 0.0272. The first kappa shape index (κ1) is 59.7. The van der Waals surface area contributed by atoms with Crippen molar-refractivity contribution in [1.82, 2.24) is 41.7 Å². The van der Waals surface area contributed by atoms with Gasteiger partial charge in [-0.05, 0) is 82.6 Å². The summed E-state index contributed by atoms with van der Waals surface area (Å²) < 4.78 is 0. The van der Waals surface area contributed by atoms with Crippen LogP contribution >= 0.6 is 11.8 Å². The van der Waals surface area contributed by atoms with Crippen LogP contribution in [0.3, 0.4) is 0 Å². The van der Waals surface area contributed by atoms with E-state index in [4.69, 9.17) is 28.7 Å². The Balaban J connectivity index is 2.25. The fourth-order valence-electron chi connectivity index (χ4n) is 7.73. The van der Waals surface area contributed by atoms with Gasteiger partial charge in [-0.1, -0.05) is 20.3 Å². The fourth-order valence-corrected chi connectivity index (χ4v) is 8.20. The van der Waals surface area contributed by atoms with E-state index in [0.717, 1.165) is 0 Å². The molecule has 0 saturated carbocycles. The van der Waals surface area contributed by atoms with Crippen molar-refractivity contribution in [3.63, 3.8) is 0 Å². The predicted octanol–water partition coefficient (Wildman–Crippen LogP) is -4.68. The quantitative estimate of drug-likeness (QED) is 0.0183. The number of guanidine groups is 2. The molecular weight excluding hydrogens is 939 g/mol. The molecule has 0 bridgehead atoms. The van der Waals surface area contributed by atoms with E-state index >= 15 is 0 Å². The summed E-state index contributed by atoms with van der Waals surface area (Å²) in [5, 5.41) is 34.4. The summed E-state index contributed by atoms with van der Waals surface area (Å²) in [7, 11) is 0. The van der Waals surface area contributed by atoms with Crippen molar-refractivity contribution in [3.05, 3.63) is 0 Å². The number of thioether (sulfide) groups is 1. The third-order valence-electron chi connectivity index (χ3n) is 11.7. The lowest BCUT2D eigenvalue weighted by Gasteiger charge is -2.32. The second-order valence-corrected chi connectivity index (χ2v) is 18.1. The SMILES string of the molecule is CC[C@H](C)[C@H](NC(=O)[C@H](CC(=O)O)NC(=O)[C@H](CCCN=C(N)N)NC(=O)[C@H](CCSC)NC(=O)[C@@H](N)CCCN=C(N)N)C(=O)N1CCC[C@H]1C(=O)NCC(=O)N[C@@H](C)C(=O)N1CCC[C@H]1C(=O)O. The van der Waals surface area contributed by atoms with Gasteiger partial charge in [0.15, 0.2) is 11.9 Å². The molecule has 0 radical (unpaired) electrons. The minimum atomic E-state index is -1.78. The summed E-state index contributed by atoms with van der Waals surface area (Å²) in [6.07, 6.45) is 3.23. The van der Waals surface area contributed by atoms with Crippen molar-refractivity contribution in [2.45, 2.75) is 140 Å². The lowest BCUT2D eigenvalue weighted by Crippen LogP contribution is -2.60. The number of carboxylic acid groups (broad SMARTS) is 2. The summed E-state index contributed by atoms with van der Waals surface area (Å²) in [4.78, 5) is 142.